The molecule has 0 aromatic heterocycles. The van der Waals surface area contributed by atoms with Crippen LogP contribution in [0, 0.1) is 11.3 Å². The lowest BCUT2D eigenvalue weighted by molar-refractivity contribution is 0.202. The molecule has 0 saturated heterocycles. The second-order valence-electron chi connectivity index (χ2n) is 5.63. The Hall–Kier alpha value is -0.0800. The van der Waals surface area contributed by atoms with Gasteiger partial charge in [-0.25, -0.2) is 0 Å². The van der Waals surface area contributed by atoms with E-state index in [9.17, 15) is 0 Å². The van der Waals surface area contributed by atoms with E-state index in [1.807, 2.05) is 0 Å². The first-order chi connectivity index (χ1) is 6.53. The van der Waals surface area contributed by atoms with Crippen molar-refractivity contribution in [1.29, 1.82) is 0 Å². The number of rotatable bonds is 5. The topological polar surface area (TPSA) is 32.3 Å². The molecule has 2 atom stereocenters. The van der Waals surface area contributed by atoms with E-state index in [0.29, 0.717) is 6.61 Å². The zero-order valence-corrected chi connectivity index (χ0v) is 9.84. The Morgan fingerprint density at radius 2 is 2.07 bits per heavy atom. The van der Waals surface area contributed by atoms with Gasteiger partial charge in [0.2, 0.25) is 0 Å². The van der Waals surface area contributed by atoms with Gasteiger partial charge in [0.15, 0.2) is 0 Å². The molecule has 2 nitrogen and oxygen atoms in total. The standard InChI is InChI=1S/C12H25NO/c1-10-4-5-11(8-10)13-9-12(2,3)6-7-14/h10-11,13-14H,4-9H2,1-3H3. The summed E-state index contributed by atoms with van der Waals surface area (Å²) in [6.45, 7) is 8.10. The van der Waals surface area contributed by atoms with Gasteiger partial charge < -0.3 is 10.4 Å². The van der Waals surface area contributed by atoms with Gasteiger partial charge >= 0.3 is 0 Å². The molecular formula is C12H25NO. The Morgan fingerprint density at radius 3 is 2.57 bits per heavy atom. The predicted molar refractivity (Wildman–Crippen MR) is 60.3 cm³/mol. The van der Waals surface area contributed by atoms with Crippen molar-refractivity contribution in [2.75, 3.05) is 13.2 Å². The Labute approximate surface area is 88.1 Å². The fourth-order valence-electron chi connectivity index (χ4n) is 2.20. The zero-order chi connectivity index (χ0) is 10.6. The molecule has 0 spiro atoms. The Bertz CT molecular complexity index is 168. The van der Waals surface area contributed by atoms with Gasteiger partial charge in [-0.2, -0.15) is 0 Å². The number of aliphatic hydroxyl groups is 1. The number of hydrogen-bond acceptors (Lipinski definition) is 2. The summed E-state index contributed by atoms with van der Waals surface area (Å²) in [5.41, 5.74) is 0.237. The monoisotopic (exact) mass is 199 g/mol. The fraction of sp³-hybridized carbons (Fsp3) is 1.00. The van der Waals surface area contributed by atoms with E-state index in [0.717, 1.165) is 24.9 Å². The maximum absolute atomic E-state index is 8.91. The first-order valence-corrected chi connectivity index (χ1v) is 5.88. The summed E-state index contributed by atoms with van der Waals surface area (Å²) in [6.07, 6.45) is 4.92. The molecule has 1 aliphatic rings. The minimum absolute atomic E-state index is 0.237. The second-order valence-corrected chi connectivity index (χ2v) is 5.63. The second kappa shape index (κ2) is 5.13. The number of hydrogen-bond donors (Lipinski definition) is 2. The van der Waals surface area contributed by atoms with Crippen LogP contribution in [0.1, 0.15) is 46.5 Å². The fourth-order valence-corrected chi connectivity index (χ4v) is 2.20. The van der Waals surface area contributed by atoms with E-state index in [1.54, 1.807) is 0 Å². The van der Waals surface area contributed by atoms with Crippen LogP contribution in [-0.2, 0) is 0 Å². The van der Waals surface area contributed by atoms with Crippen LogP contribution in [0.5, 0.6) is 0 Å². The molecule has 2 N–H and O–H groups in total. The smallest absolute Gasteiger partial charge is 0.0436 e. The van der Waals surface area contributed by atoms with Gasteiger partial charge in [-0.1, -0.05) is 20.8 Å². The normalized spacial score (nSPS) is 28.3. The van der Waals surface area contributed by atoms with E-state index in [1.165, 1.54) is 19.3 Å². The Kier molecular flexibility index (Phi) is 4.39. The lowest BCUT2D eigenvalue weighted by Crippen LogP contribution is -2.36. The third-order valence-electron chi connectivity index (χ3n) is 3.35. The van der Waals surface area contributed by atoms with Crippen LogP contribution < -0.4 is 5.32 Å². The van der Waals surface area contributed by atoms with Gasteiger partial charge in [0.25, 0.3) is 0 Å². The van der Waals surface area contributed by atoms with Crippen molar-refractivity contribution in [2.24, 2.45) is 11.3 Å². The van der Waals surface area contributed by atoms with Crippen molar-refractivity contribution in [2.45, 2.75) is 52.5 Å². The summed E-state index contributed by atoms with van der Waals surface area (Å²) >= 11 is 0. The van der Waals surface area contributed by atoms with Crippen LogP contribution in [-0.4, -0.2) is 24.3 Å². The molecule has 84 valence electrons. The lowest BCUT2D eigenvalue weighted by Gasteiger charge is -2.26. The molecule has 0 bridgehead atoms. The van der Waals surface area contributed by atoms with E-state index >= 15 is 0 Å². The molecule has 1 aliphatic carbocycles. The summed E-state index contributed by atoms with van der Waals surface area (Å²) in [5, 5.41) is 12.5. The highest BCUT2D eigenvalue weighted by atomic mass is 16.3. The summed E-state index contributed by atoms with van der Waals surface area (Å²) in [5.74, 6) is 0.897. The van der Waals surface area contributed by atoms with Crippen molar-refractivity contribution in [3.05, 3.63) is 0 Å². The molecule has 0 aliphatic heterocycles. The van der Waals surface area contributed by atoms with Crippen LogP contribution in [0.3, 0.4) is 0 Å². The first kappa shape index (κ1) is 12.0. The average Bonchev–Trinajstić information content (AvgIpc) is 2.48. The molecule has 0 heterocycles. The van der Waals surface area contributed by atoms with Crippen molar-refractivity contribution in [1.82, 2.24) is 5.32 Å². The SMILES string of the molecule is CC1CCC(NCC(C)(C)CCO)C1. The van der Waals surface area contributed by atoms with E-state index in [-0.39, 0.29) is 5.41 Å². The summed E-state index contributed by atoms with van der Waals surface area (Å²) in [7, 11) is 0. The van der Waals surface area contributed by atoms with Crippen LogP contribution in [0.2, 0.25) is 0 Å². The Balaban J connectivity index is 2.19. The van der Waals surface area contributed by atoms with E-state index in [4.69, 9.17) is 5.11 Å². The lowest BCUT2D eigenvalue weighted by atomic mass is 9.89. The molecule has 0 radical (unpaired) electrons. The predicted octanol–water partition coefficient (Wildman–Crippen LogP) is 2.17. The van der Waals surface area contributed by atoms with Gasteiger partial charge in [0.05, 0.1) is 0 Å². The van der Waals surface area contributed by atoms with Gasteiger partial charge in [-0.05, 0) is 37.0 Å². The molecule has 0 aromatic rings. The van der Waals surface area contributed by atoms with Gasteiger partial charge in [0.1, 0.15) is 0 Å². The molecule has 2 unspecified atom stereocenters. The molecule has 1 saturated carbocycles. The maximum atomic E-state index is 8.91. The number of nitrogens with one attached hydrogen (secondary N) is 1. The van der Waals surface area contributed by atoms with Gasteiger partial charge in [0, 0.05) is 19.2 Å². The average molecular weight is 199 g/mol. The zero-order valence-electron chi connectivity index (χ0n) is 9.84. The summed E-state index contributed by atoms with van der Waals surface area (Å²) < 4.78 is 0. The molecule has 0 aromatic carbocycles. The minimum atomic E-state index is 0.237. The third-order valence-corrected chi connectivity index (χ3v) is 3.35. The Morgan fingerprint density at radius 1 is 1.36 bits per heavy atom. The van der Waals surface area contributed by atoms with Crippen LogP contribution in [0.25, 0.3) is 0 Å². The van der Waals surface area contributed by atoms with Crippen molar-refractivity contribution >= 4 is 0 Å². The van der Waals surface area contributed by atoms with E-state index < -0.39 is 0 Å². The highest BCUT2D eigenvalue weighted by Gasteiger charge is 2.23. The molecule has 1 fully saturated rings. The quantitative estimate of drug-likeness (QED) is 0.711. The van der Waals surface area contributed by atoms with Crippen LogP contribution >= 0.6 is 0 Å². The van der Waals surface area contributed by atoms with Crippen molar-refractivity contribution < 1.29 is 5.11 Å². The highest BCUT2D eigenvalue weighted by Crippen LogP contribution is 2.26. The van der Waals surface area contributed by atoms with Crippen molar-refractivity contribution in [3.8, 4) is 0 Å². The largest absolute Gasteiger partial charge is 0.396 e. The summed E-state index contributed by atoms with van der Waals surface area (Å²) in [4.78, 5) is 0. The van der Waals surface area contributed by atoms with E-state index in [2.05, 4.69) is 26.1 Å². The van der Waals surface area contributed by atoms with Gasteiger partial charge in [-0.15, -0.1) is 0 Å². The molecule has 2 heteroatoms. The van der Waals surface area contributed by atoms with Crippen LogP contribution in [0.4, 0.5) is 0 Å². The maximum Gasteiger partial charge on any atom is 0.0436 e. The van der Waals surface area contributed by atoms with Crippen LogP contribution in [0.15, 0.2) is 0 Å². The number of aliphatic hydroxyl groups excluding tert-OH is 1. The first-order valence-electron chi connectivity index (χ1n) is 5.88. The molecular weight excluding hydrogens is 174 g/mol. The minimum Gasteiger partial charge on any atom is -0.396 e. The molecule has 0 amide bonds. The summed E-state index contributed by atoms with van der Waals surface area (Å²) in [6, 6.07) is 0.725. The molecule has 1 rings (SSSR count). The van der Waals surface area contributed by atoms with Crippen molar-refractivity contribution in [3.63, 3.8) is 0 Å². The third kappa shape index (κ3) is 3.97. The molecule has 14 heavy (non-hydrogen) atoms. The van der Waals surface area contributed by atoms with Gasteiger partial charge in [-0.3, -0.25) is 0 Å². The highest BCUT2D eigenvalue weighted by molar-refractivity contribution is 4.81.